The maximum atomic E-state index is 12.6. The number of morpholine rings is 1. The number of benzene rings is 1. The van der Waals surface area contributed by atoms with Gasteiger partial charge in [-0.2, -0.15) is 4.31 Å². The van der Waals surface area contributed by atoms with Gasteiger partial charge in [0.1, 0.15) is 11.5 Å². The van der Waals surface area contributed by atoms with Crippen molar-refractivity contribution in [2.45, 2.75) is 17.9 Å². The van der Waals surface area contributed by atoms with Gasteiger partial charge in [-0.05, 0) is 43.3 Å². The number of ether oxygens (including phenoxy) is 2. The predicted octanol–water partition coefficient (Wildman–Crippen LogP) is 1.56. The van der Waals surface area contributed by atoms with Gasteiger partial charge in [0.05, 0.1) is 30.4 Å². The monoisotopic (exact) mass is 394 g/mol. The summed E-state index contributed by atoms with van der Waals surface area (Å²) in [6.45, 7) is 3.10. The first-order valence-electron chi connectivity index (χ1n) is 8.60. The summed E-state index contributed by atoms with van der Waals surface area (Å²) in [7, 11) is -3.54. The molecule has 0 spiro atoms. The number of nitrogens with zero attached hydrogens (tertiary/aromatic N) is 1. The Bertz CT molecular complexity index is 842. The fraction of sp³-hybridized carbons (Fsp3) is 0.389. The quantitative estimate of drug-likeness (QED) is 0.765. The van der Waals surface area contributed by atoms with Gasteiger partial charge < -0.3 is 19.2 Å². The van der Waals surface area contributed by atoms with E-state index in [1.165, 1.54) is 28.6 Å². The standard InChI is InChI=1S/C18H22N2O6S/c1-14(17-3-2-10-25-17)19-18(21)13-26-15-4-6-16(7-5-15)27(22,23)20-8-11-24-12-9-20/h2-7,10,14H,8-9,11-13H2,1H3,(H,19,21)/t14-/m0/s1. The summed E-state index contributed by atoms with van der Waals surface area (Å²) in [5.74, 6) is 0.765. The summed E-state index contributed by atoms with van der Waals surface area (Å²) in [5.41, 5.74) is 0. The second-order valence-corrected chi connectivity index (χ2v) is 8.02. The number of furan rings is 1. The van der Waals surface area contributed by atoms with Crippen molar-refractivity contribution in [1.29, 1.82) is 0 Å². The zero-order valence-electron chi connectivity index (χ0n) is 15.0. The lowest BCUT2D eigenvalue weighted by molar-refractivity contribution is -0.123. The van der Waals surface area contributed by atoms with E-state index in [1.54, 1.807) is 18.4 Å². The average Bonchev–Trinajstić information content (AvgIpc) is 3.22. The zero-order valence-corrected chi connectivity index (χ0v) is 15.8. The van der Waals surface area contributed by atoms with Gasteiger partial charge in [0.15, 0.2) is 6.61 Å². The van der Waals surface area contributed by atoms with Crippen molar-refractivity contribution in [2.75, 3.05) is 32.9 Å². The Balaban J connectivity index is 1.53. The van der Waals surface area contributed by atoms with E-state index in [1.807, 2.05) is 6.92 Å². The number of carbonyl (C=O) groups excluding carboxylic acids is 1. The molecule has 0 saturated carbocycles. The molecule has 2 aromatic rings. The van der Waals surface area contributed by atoms with Crippen LogP contribution in [0.5, 0.6) is 5.75 Å². The van der Waals surface area contributed by atoms with Crippen molar-refractivity contribution in [1.82, 2.24) is 9.62 Å². The Morgan fingerprint density at radius 1 is 1.22 bits per heavy atom. The second-order valence-electron chi connectivity index (χ2n) is 6.08. The molecular formula is C18H22N2O6S. The number of nitrogens with one attached hydrogen (secondary N) is 1. The average molecular weight is 394 g/mol. The van der Waals surface area contributed by atoms with E-state index >= 15 is 0 Å². The Morgan fingerprint density at radius 3 is 2.56 bits per heavy atom. The van der Waals surface area contributed by atoms with E-state index in [9.17, 15) is 13.2 Å². The van der Waals surface area contributed by atoms with Crippen molar-refractivity contribution in [3.8, 4) is 5.75 Å². The van der Waals surface area contributed by atoms with Gasteiger partial charge in [-0.15, -0.1) is 0 Å². The van der Waals surface area contributed by atoms with E-state index in [0.717, 1.165) is 0 Å². The number of rotatable bonds is 7. The molecule has 1 aromatic heterocycles. The molecule has 1 aromatic carbocycles. The molecule has 1 atom stereocenters. The molecule has 1 amide bonds. The molecule has 8 nitrogen and oxygen atoms in total. The molecule has 1 N–H and O–H groups in total. The summed E-state index contributed by atoms with van der Waals surface area (Å²) in [5, 5.41) is 2.76. The van der Waals surface area contributed by atoms with Crippen molar-refractivity contribution < 1.29 is 27.1 Å². The van der Waals surface area contributed by atoms with Crippen molar-refractivity contribution in [3.63, 3.8) is 0 Å². The molecule has 146 valence electrons. The summed E-state index contributed by atoms with van der Waals surface area (Å²) in [6.07, 6.45) is 1.54. The smallest absolute Gasteiger partial charge is 0.258 e. The van der Waals surface area contributed by atoms with Gasteiger partial charge >= 0.3 is 0 Å². The lowest BCUT2D eigenvalue weighted by atomic mass is 10.2. The number of hydrogen-bond acceptors (Lipinski definition) is 6. The van der Waals surface area contributed by atoms with Crippen LogP contribution < -0.4 is 10.1 Å². The fourth-order valence-electron chi connectivity index (χ4n) is 2.68. The molecule has 1 fully saturated rings. The SMILES string of the molecule is C[C@H](NC(=O)COc1ccc(S(=O)(=O)N2CCOCC2)cc1)c1ccco1. The molecule has 0 bridgehead atoms. The van der Waals surface area contributed by atoms with Crippen LogP contribution in [0.3, 0.4) is 0 Å². The van der Waals surface area contributed by atoms with E-state index < -0.39 is 10.0 Å². The minimum atomic E-state index is -3.54. The van der Waals surface area contributed by atoms with Crippen LogP contribution in [0.25, 0.3) is 0 Å². The third kappa shape index (κ3) is 4.88. The number of amides is 1. The van der Waals surface area contributed by atoms with E-state index in [0.29, 0.717) is 37.8 Å². The van der Waals surface area contributed by atoms with Crippen LogP contribution in [0.1, 0.15) is 18.7 Å². The minimum absolute atomic E-state index is 0.180. The lowest BCUT2D eigenvalue weighted by Crippen LogP contribution is -2.40. The minimum Gasteiger partial charge on any atom is -0.484 e. The second kappa shape index (κ2) is 8.55. The van der Waals surface area contributed by atoms with Crippen LogP contribution in [0, 0.1) is 0 Å². The van der Waals surface area contributed by atoms with Gasteiger partial charge in [-0.3, -0.25) is 4.79 Å². The first-order chi connectivity index (χ1) is 13.0. The molecule has 2 heterocycles. The van der Waals surface area contributed by atoms with E-state index in [-0.39, 0.29) is 23.5 Å². The number of carbonyl (C=O) groups is 1. The van der Waals surface area contributed by atoms with Gasteiger partial charge in [-0.1, -0.05) is 0 Å². The predicted molar refractivity (Wildman–Crippen MR) is 96.8 cm³/mol. The topological polar surface area (TPSA) is 98.1 Å². The molecule has 27 heavy (non-hydrogen) atoms. The Hall–Kier alpha value is -2.36. The van der Waals surface area contributed by atoms with Gasteiger partial charge in [-0.25, -0.2) is 8.42 Å². The summed E-state index contributed by atoms with van der Waals surface area (Å²) < 4.78 is 42.4. The largest absolute Gasteiger partial charge is 0.484 e. The molecule has 1 saturated heterocycles. The Morgan fingerprint density at radius 2 is 1.93 bits per heavy atom. The molecule has 0 radical (unpaired) electrons. The number of hydrogen-bond donors (Lipinski definition) is 1. The van der Waals surface area contributed by atoms with Gasteiger partial charge in [0, 0.05) is 13.1 Å². The first-order valence-corrected chi connectivity index (χ1v) is 10.0. The molecule has 1 aliphatic rings. The Kier molecular flexibility index (Phi) is 6.15. The van der Waals surface area contributed by atoms with Crippen LogP contribution in [-0.4, -0.2) is 51.5 Å². The highest BCUT2D eigenvalue weighted by Crippen LogP contribution is 2.20. The maximum Gasteiger partial charge on any atom is 0.258 e. The van der Waals surface area contributed by atoms with E-state index in [4.69, 9.17) is 13.9 Å². The molecule has 0 aliphatic carbocycles. The summed E-state index contributed by atoms with van der Waals surface area (Å²) >= 11 is 0. The molecular weight excluding hydrogens is 372 g/mol. The number of sulfonamides is 1. The fourth-order valence-corrected chi connectivity index (χ4v) is 4.09. The van der Waals surface area contributed by atoms with Crippen LogP contribution >= 0.6 is 0 Å². The summed E-state index contributed by atoms with van der Waals surface area (Å²) in [4.78, 5) is 12.2. The van der Waals surface area contributed by atoms with Crippen molar-refractivity contribution in [2.24, 2.45) is 0 Å². The molecule has 3 rings (SSSR count). The van der Waals surface area contributed by atoms with Crippen LogP contribution in [-0.2, 0) is 19.6 Å². The van der Waals surface area contributed by atoms with Gasteiger partial charge in [0.2, 0.25) is 10.0 Å². The van der Waals surface area contributed by atoms with Crippen LogP contribution in [0.15, 0.2) is 52.0 Å². The maximum absolute atomic E-state index is 12.6. The molecule has 1 aliphatic heterocycles. The first kappa shape index (κ1) is 19.4. The summed E-state index contributed by atoms with van der Waals surface area (Å²) in [6, 6.07) is 9.29. The highest BCUT2D eigenvalue weighted by Gasteiger charge is 2.26. The Labute approximate surface area is 158 Å². The van der Waals surface area contributed by atoms with Crippen LogP contribution in [0.4, 0.5) is 0 Å². The molecule has 9 heteroatoms. The zero-order chi connectivity index (χ0) is 19.3. The lowest BCUT2D eigenvalue weighted by Gasteiger charge is -2.26. The van der Waals surface area contributed by atoms with Gasteiger partial charge in [0.25, 0.3) is 5.91 Å². The van der Waals surface area contributed by atoms with Crippen molar-refractivity contribution >= 4 is 15.9 Å². The molecule has 0 unspecified atom stereocenters. The normalized spacial score (nSPS) is 16.6. The van der Waals surface area contributed by atoms with Crippen molar-refractivity contribution in [3.05, 3.63) is 48.4 Å². The highest BCUT2D eigenvalue weighted by molar-refractivity contribution is 7.89. The third-order valence-corrected chi connectivity index (χ3v) is 6.06. The van der Waals surface area contributed by atoms with E-state index in [2.05, 4.69) is 5.32 Å². The third-order valence-electron chi connectivity index (χ3n) is 4.15. The van der Waals surface area contributed by atoms with Crippen LogP contribution in [0.2, 0.25) is 0 Å². The highest BCUT2D eigenvalue weighted by atomic mass is 32.2.